The van der Waals surface area contributed by atoms with Crippen molar-refractivity contribution < 1.29 is 4.79 Å². The summed E-state index contributed by atoms with van der Waals surface area (Å²) in [5.74, 6) is -0.386. The number of ketones is 1. The highest BCUT2D eigenvalue weighted by Crippen LogP contribution is 2.21. The second-order valence-corrected chi connectivity index (χ2v) is 6.45. The Morgan fingerprint density at radius 3 is 2.26 bits per heavy atom. The molecule has 0 unspecified atom stereocenters. The van der Waals surface area contributed by atoms with E-state index < -0.39 is 11.2 Å². The van der Waals surface area contributed by atoms with E-state index in [0.717, 1.165) is 22.0 Å². The highest BCUT2D eigenvalue weighted by molar-refractivity contribution is 6.01. The van der Waals surface area contributed by atoms with Crippen molar-refractivity contribution in [3.8, 4) is 0 Å². The minimum atomic E-state index is -0.620. The van der Waals surface area contributed by atoms with Gasteiger partial charge in [0.05, 0.1) is 6.54 Å². The Labute approximate surface area is 135 Å². The Morgan fingerprint density at radius 1 is 1.13 bits per heavy atom. The van der Waals surface area contributed by atoms with Gasteiger partial charge < -0.3 is 5.73 Å². The maximum absolute atomic E-state index is 12.6. The molecule has 128 valence electrons. The van der Waals surface area contributed by atoms with Gasteiger partial charge in [0.15, 0.2) is 5.78 Å². The highest BCUT2D eigenvalue weighted by Gasteiger charge is 2.24. The number of nitrogens with zero attached hydrogens (tertiary/aromatic N) is 3. The molecule has 2 N–H and O–H groups in total. The third-order valence-corrected chi connectivity index (χ3v) is 4.83. The molecule has 0 radical (unpaired) electrons. The van der Waals surface area contributed by atoms with Gasteiger partial charge in [-0.05, 0) is 19.9 Å². The van der Waals surface area contributed by atoms with Gasteiger partial charge in [-0.25, -0.2) is 4.79 Å². The van der Waals surface area contributed by atoms with Crippen LogP contribution in [0, 0.1) is 0 Å². The summed E-state index contributed by atoms with van der Waals surface area (Å²) in [4.78, 5) is 38.7. The lowest BCUT2D eigenvalue weighted by Gasteiger charge is -2.26. The second kappa shape index (κ2) is 7.12. The van der Waals surface area contributed by atoms with Crippen LogP contribution in [-0.2, 0) is 14.1 Å². The van der Waals surface area contributed by atoms with E-state index in [1.54, 1.807) is 0 Å². The third kappa shape index (κ3) is 3.55. The molecule has 0 aliphatic heterocycles. The van der Waals surface area contributed by atoms with Gasteiger partial charge in [0.1, 0.15) is 11.4 Å². The van der Waals surface area contributed by atoms with Crippen LogP contribution in [0.2, 0.25) is 0 Å². The lowest BCUT2D eigenvalue weighted by molar-refractivity contribution is 0.0910. The molecule has 0 amide bonds. The van der Waals surface area contributed by atoms with Crippen molar-refractivity contribution in [2.75, 3.05) is 19.3 Å². The van der Waals surface area contributed by atoms with E-state index in [2.05, 4.69) is 0 Å². The number of anilines is 1. The van der Waals surface area contributed by atoms with E-state index in [4.69, 9.17) is 5.73 Å². The molecular weight excluding hydrogens is 296 g/mol. The molecule has 23 heavy (non-hydrogen) atoms. The first-order valence-electron chi connectivity index (χ1n) is 8.13. The number of hydrogen-bond donors (Lipinski definition) is 1. The van der Waals surface area contributed by atoms with Gasteiger partial charge in [-0.15, -0.1) is 0 Å². The van der Waals surface area contributed by atoms with Crippen LogP contribution in [0.5, 0.6) is 0 Å². The Bertz CT molecular complexity index is 697. The summed E-state index contributed by atoms with van der Waals surface area (Å²) in [6, 6.07) is 0.360. The zero-order chi connectivity index (χ0) is 17.1. The molecule has 2 rings (SSSR count). The molecule has 1 aliphatic rings. The Kier molecular flexibility index (Phi) is 5.41. The largest absolute Gasteiger partial charge is 0.384 e. The molecule has 0 bridgehead atoms. The van der Waals surface area contributed by atoms with E-state index in [1.165, 1.54) is 39.8 Å². The molecule has 1 aromatic rings. The summed E-state index contributed by atoms with van der Waals surface area (Å²) >= 11 is 0. The molecule has 1 heterocycles. The van der Waals surface area contributed by atoms with Crippen molar-refractivity contribution in [2.45, 2.75) is 44.6 Å². The number of carbonyl (C=O) groups excluding carboxylic acids is 1. The van der Waals surface area contributed by atoms with Crippen molar-refractivity contribution in [2.24, 2.45) is 14.1 Å². The van der Waals surface area contributed by atoms with Crippen molar-refractivity contribution in [1.82, 2.24) is 14.0 Å². The Morgan fingerprint density at radius 2 is 1.70 bits per heavy atom. The van der Waals surface area contributed by atoms with Gasteiger partial charge in [-0.2, -0.15) is 0 Å². The predicted octanol–water partition coefficient (Wildman–Crippen LogP) is 0.504. The average molecular weight is 322 g/mol. The van der Waals surface area contributed by atoms with Crippen LogP contribution in [0.4, 0.5) is 5.82 Å². The zero-order valence-corrected chi connectivity index (χ0v) is 14.2. The van der Waals surface area contributed by atoms with Crippen LogP contribution in [0.25, 0.3) is 0 Å². The van der Waals surface area contributed by atoms with E-state index in [0.29, 0.717) is 6.04 Å². The molecular formula is C16H26N4O3. The summed E-state index contributed by atoms with van der Waals surface area (Å²) in [6.07, 6.45) is 6.98. The van der Waals surface area contributed by atoms with Crippen molar-refractivity contribution in [3.05, 3.63) is 26.4 Å². The third-order valence-electron chi connectivity index (χ3n) is 4.83. The van der Waals surface area contributed by atoms with Gasteiger partial charge in [-0.1, -0.05) is 25.7 Å². The van der Waals surface area contributed by atoms with Crippen LogP contribution >= 0.6 is 0 Å². The number of Topliss-reactive ketones (excluding diaryl/α,β-unsaturated/α-hetero) is 1. The monoisotopic (exact) mass is 322 g/mol. The fourth-order valence-corrected chi connectivity index (χ4v) is 3.26. The number of nitrogens with two attached hydrogens (primary N) is 1. The first kappa shape index (κ1) is 17.5. The van der Waals surface area contributed by atoms with Crippen LogP contribution < -0.4 is 17.0 Å². The summed E-state index contributed by atoms with van der Waals surface area (Å²) in [5, 5.41) is 0. The van der Waals surface area contributed by atoms with E-state index in [-0.39, 0.29) is 23.7 Å². The van der Waals surface area contributed by atoms with Gasteiger partial charge in [0, 0.05) is 20.1 Å². The van der Waals surface area contributed by atoms with Gasteiger partial charge in [0.25, 0.3) is 5.56 Å². The SMILES string of the molecule is CN(CC(=O)c1c(N)n(C)c(=O)n(C)c1=O)C1CCCCCC1. The second-order valence-electron chi connectivity index (χ2n) is 6.45. The zero-order valence-electron chi connectivity index (χ0n) is 14.2. The summed E-state index contributed by atoms with van der Waals surface area (Å²) in [5.41, 5.74) is 4.61. The number of rotatable bonds is 4. The quantitative estimate of drug-likeness (QED) is 0.644. The molecule has 1 aliphatic carbocycles. The molecule has 7 heteroatoms. The Balaban J connectivity index is 2.24. The molecule has 0 atom stereocenters. The van der Waals surface area contributed by atoms with Gasteiger partial charge >= 0.3 is 5.69 Å². The molecule has 7 nitrogen and oxygen atoms in total. The van der Waals surface area contributed by atoms with E-state index >= 15 is 0 Å². The normalized spacial score (nSPS) is 16.5. The maximum atomic E-state index is 12.6. The van der Waals surface area contributed by atoms with Gasteiger partial charge in [0.2, 0.25) is 0 Å². The smallest absolute Gasteiger partial charge is 0.332 e. The van der Waals surface area contributed by atoms with Crippen LogP contribution in [-0.4, -0.2) is 39.5 Å². The van der Waals surface area contributed by atoms with Gasteiger partial charge in [-0.3, -0.25) is 23.6 Å². The Hall–Kier alpha value is -1.89. The first-order valence-corrected chi connectivity index (χ1v) is 8.13. The standard InChI is InChI=1S/C16H26N4O3/c1-18(11-8-6-4-5-7-9-11)10-12(21)13-14(17)19(2)16(23)20(3)15(13)22/h11H,4-10,17H2,1-3H3. The van der Waals surface area contributed by atoms with Crippen LogP contribution in [0.1, 0.15) is 48.9 Å². The number of aromatic nitrogens is 2. The fraction of sp³-hybridized carbons (Fsp3) is 0.688. The number of hydrogen-bond acceptors (Lipinski definition) is 5. The minimum absolute atomic E-state index is 0.0580. The number of carbonyl (C=O) groups is 1. The van der Waals surface area contributed by atoms with Crippen LogP contribution in [0.15, 0.2) is 9.59 Å². The van der Waals surface area contributed by atoms with Crippen molar-refractivity contribution >= 4 is 11.6 Å². The summed E-state index contributed by atoms with van der Waals surface area (Å²) in [6.45, 7) is 0.141. The predicted molar refractivity (Wildman–Crippen MR) is 89.8 cm³/mol. The lowest BCUT2D eigenvalue weighted by Crippen LogP contribution is -2.44. The summed E-state index contributed by atoms with van der Waals surface area (Å²) in [7, 11) is 4.73. The minimum Gasteiger partial charge on any atom is -0.384 e. The van der Waals surface area contributed by atoms with E-state index in [1.807, 2.05) is 11.9 Å². The molecule has 0 aromatic carbocycles. The topological polar surface area (TPSA) is 90.3 Å². The highest BCUT2D eigenvalue weighted by atomic mass is 16.2. The molecule has 1 fully saturated rings. The molecule has 0 saturated heterocycles. The van der Waals surface area contributed by atoms with Crippen molar-refractivity contribution in [3.63, 3.8) is 0 Å². The number of nitrogen functional groups attached to an aromatic ring is 1. The average Bonchev–Trinajstić information content (AvgIpc) is 2.80. The lowest BCUT2D eigenvalue weighted by atomic mass is 10.1. The van der Waals surface area contributed by atoms with Crippen LogP contribution in [0.3, 0.4) is 0 Å². The maximum Gasteiger partial charge on any atom is 0.332 e. The number of likely N-dealkylation sites (N-methyl/N-ethyl adjacent to an activating group) is 1. The first-order chi connectivity index (χ1) is 10.8. The molecule has 1 saturated carbocycles. The fourth-order valence-electron chi connectivity index (χ4n) is 3.26. The van der Waals surface area contributed by atoms with Crippen molar-refractivity contribution in [1.29, 1.82) is 0 Å². The molecule has 1 aromatic heterocycles. The van der Waals surface area contributed by atoms with E-state index in [9.17, 15) is 14.4 Å². The summed E-state index contributed by atoms with van der Waals surface area (Å²) < 4.78 is 2.07. The molecule has 0 spiro atoms.